The summed E-state index contributed by atoms with van der Waals surface area (Å²) in [4.78, 5) is 17.5. The Morgan fingerprint density at radius 1 is 1.08 bits per heavy atom. The Labute approximate surface area is 158 Å². The van der Waals surface area contributed by atoms with E-state index in [-0.39, 0.29) is 12.5 Å². The van der Waals surface area contributed by atoms with Gasteiger partial charge in [0.2, 0.25) is 0 Å². The van der Waals surface area contributed by atoms with Gasteiger partial charge in [0.25, 0.3) is 5.91 Å². The van der Waals surface area contributed by atoms with Crippen LogP contribution in [0.4, 0.5) is 0 Å². The number of likely N-dealkylation sites (tertiary alicyclic amines) is 2. The van der Waals surface area contributed by atoms with Gasteiger partial charge in [0.15, 0.2) is 6.61 Å². The maximum atomic E-state index is 12.8. The number of amides is 1. The van der Waals surface area contributed by atoms with Crippen LogP contribution in [0.15, 0.2) is 18.2 Å². The molecular formula is C22H34N2O2. The fourth-order valence-corrected chi connectivity index (χ4v) is 4.25. The molecule has 144 valence electrons. The lowest BCUT2D eigenvalue weighted by Crippen LogP contribution is -2.47. The van der Waals surface area contributed by atoms with Crippen LogP contribution in [0.5, 0.6) is 5.75 Å². The molecule has 2 saturated heterocycles. The van der Waals surface area contributed by atoms with Crippen LogP contribution in [-0.4, -0.2) is 54.5 Å². The molecule has 4 nitrogen and oxygen atoms in total. The molecule has 2 aliphatic rings. The van der Waals surface area contributed by atoms with Gasteiger partial charge >= 0.3 is 0 Å². The highest BCUT2D eigenvalue weighted by Gasteiger charge is 2.27. The summed E-state index contributed by atoms with van der Waals surface area (Å²) in [5, 5.41) is 0. The van der Waals surface area contributed by atoms with Crippen molar-refractivity contribution in [2.45, 2.75) is 64.8 Å². The summed E-state index contributed by atoms with van der Waals surface area (Å²) in [6, 6.07) is 6.41. The van der Waals surface area contributed by atoms with Gasteiger partial charge in [-0.05, 0) is 82.7 Å². The molecular weight excluding hydrogens is 324 g/mol. The zero-order valence-corrected chi connectivity index (χ0v) is 16.5. The van der Waals surface area contributed by atoms with Gasteiger partial charge in [-0.15, -0.1) is 0 Å². The van der Waals surface area contributed by atoms with E-state index < -0.39 is 0 Å². The van der Waals surface area contributed by atoms with E-state index in [0.29, 0.717) is 6.04 Å². The van der Waals surface area contributed by atoms with Gasteiger partial charge in [-0.2, -0.15) is 0 Å². The largest absolute Gasteiger partial charge is 0.483 e. The van der Waals surface area contributed by atoms with Crippen molar-refractivity contribution in [3.63, 3.8) is 0 Å². The van der Waals surface area contributed by atoms with Crippen LogP contribution >= 0.6 is 0 Å². The summed E-state index contributed by atoms with van der Waals surface area (Å²) < 4.78 is 5.87. The number of hydrogen-bond donors (Lipinski definition) is 0. The predicted octanol–water partition coefficient (Wildman–Crippen LogP) is 3.94. The first-order valence-electron chi connectivity index (χ1n) is 10.4. The molecule has 1 aromatic carbocycles. The van der Waals surface area contributed by atoms with Crippen molar-refractivity contribution in [1.29, 1.82) is 0 Å². The summed E-state index contributed by atoms with van der Waals surface area (Å²) in [5.74, 6) is 0.981. The SMILES string of the molecule is Cc1cccc(OCC(=O)N2CCCC[C@@H]2CCN2CCCCC2)c1C. The Morgan fingerprint density at radius 2 is 1.85 bits per heavy atom. The molecule has 1 aromatic rings. The number of piperidine rings is 2. The van der Waals surface area contributed by atoms with Gasteiger partial charge in [-0.25, -0.2) is 0 Å². The zero-order chi connectivity index (χ0) is 18.4. The van der Waals surface area contributed by atoms with Crippen molar-refractivity contribution in [2.75, 3.05) is 32.8 Å². The van der Waals surface area contributed by atoms with E-state index in [1.807, 2.05) is 12.1 Å². The molecule has 4 heteroatoms. The molecule has 2 fully saturated rings. The number of carbonyl (C=O) groups is 1. The first kappa shape index (κ1) is 19.2. The van der Waals surface area contributed by atoms with Gasteiger partial charge < -0.3 is 14.5 Å². The van der Waals surface area contributed by atoms with Crippen LogP contribution in [0.3, 0.4) is 0 Å². The Bertz CT molecular complexity index is 596. The Hall–Kier alpha value is -1.55. The summed E-state index contributed by atoms with van der Waals surface area (Å²) in [5.41, 5.74) is 2.33. The summed E-state index contributed by atoms with van der Waals surface area (Å²) in [7, 11) is 0. The molecule has 0 unspecified atom stereocenters. The van der Waals surface area contributed by atoms with Gasteiger partial charge in [0.05, 0.1) is 0 Å². The quantitative estimate of drug-likeness (QED) is 0.772. The van der Waals surface area contributed by atoms with Crippen molar-refractivity contribution in [3.05, 3.63) is 29.3 Å². The molecule has 0 aliphatic carbocycles. The van der Waals surface area contributed by atoms with E-state index in [1.165, 1.54) is 44.3 Å². The topological polar surface area (TPSA) is 32.8 Å². The normalized spacial score (nSPS) is 21.6. The lowest BCUT2D eigenvalue weighted by Gasteiger charge is -2.37. The van der Waals surface area contributed by atoms with Gasteiger partial charge in [0, 0.05) is 19.1 Å². The smallest absolute Gasteiger partial charge is 0.260 e. The minimum atomic E-state index is 0.147. The minimum Gasteiger partial charge on any atom is -0.483 e. The Morgan fingerprint density at radius 3 is 2.65 bits per heavy atom. The van der Waals surface area contributed by atoms with E-state index in [9.17, 15) is 4.79 Å². The highest BCUT2D eigenvalue weighted by atomic mass is 16.5. The standard InChI is InChI=1S/C22H34N2O2/c1-18-9-8-11-21(19(18)2)26-17-22(25)24-15-7-4-10-20(24)12-16-23-13-5-3-6-14-23/h8-9,11,20H,3-7,10,12-17H2,1-2H3/t20-/m1/s1. The highest BCUT2D eigenvalue weighted by Crippen LogP contribution is 2.23. The van der Waals surface area contributed by atoms with Gasteiger partial charge in [-0.1, -0.05) is 18.6 Å². The number of ether oxygens (including phenoxy) is 1. The third-order valence-electron chi connectivity index (χ3n) is 6.08. The van der Waals surface area contributed by atoms with Crippen molar-refractivity contribution < 1.29 is 9.53 Å². The van der Waals surface area contributed by atoms with E-state index in [0.717, 1.165) is 43.7 Å². The maximum absolute atomic E-state index is 12.8. The number of benzene rings is 1. The summed E-state index contributed by atoms with van der Waals surface area (Å²) in [6.45, 7) is 8.77. The minimum absolute atomic E-state index is 0.147. The second-order valence-corrected chi connectivity index (χ2v) is 7.91. The molecule has 1 amide bonds. The fraction of sp³-hybridized carbons (Fsp3) is 0.682. The van der Waals surface area contributed by atoms with Crippen molar-refractivity contribution in [1.82, 2.24) is 9.80 Å². The molecule has 0 radical (unpaired) electrons. The average molecular weight is 359 g/mol. The number of nitrogens with zero attached hydrogens (tertiary/aromatic N) is 2. The molecule has 0 aromatic heterocycles. The lowest BCUT2D eigenvalue weighted by molar-refractivity contribution is -0.137. The summed E-state index contributed by atoms with van der Waals surface area (Å²) in [6.07, 6.45) is 8.65. The molecule has 26 heavy (non-hydrogen) atoms. The monoisotopic (exact) mass is 358 g/mol. The fourth-order valence-electron chi connectivity index (χ4n) is 4.25. The molecule has 0 spiro atoms. The zero-order valence-electron chi connectivity index (χ0n) is 16.5. The Kier molecular flexibility index (Phi) is 6.95. The van der Waals surface area contributed by atoms with Crippen LogP contribution < -0.4 is 4.74 Å². The molecule has 3 rings (SSSR count). The number of hydrogen-bond acceptors (Lipinski definition) is 3. The second-order valence-electron chi connectivity index (χ2n) is 7.91. The number of aryl methyl sites for hydroxylation is 1. The second kappa shape index (κ2) is 9.40. The van der Waals surface area contributed by atoms with Crippen molar-refractivity contribution in [2.24, 2.45) is 0 Å². The molecule has 0 N–H and O–H groups in total. The lowest BCUT2D eigenvalue weighted by atomic mass is 9.98. The van der Waals surface area contributed by atoms with Crippen LogP contribution in [-0.2, 0) is 4.79 Å². The van der Waals surface area contributed by atoms with Crippen LogP contribution in [0, 0.1) is 13.8 Å². The van der Waals surface area contributed by atoms with Gasteiger partial charge in [0.1, 0.15) is 5.75 Å². The molecule has 1 atom stereocenters. The van der Waals surface area contributed by atoms with E-state index in [4.69, 9.17) is 4.74 Å². The first-order valence-corrected chi connectivity index (χ1v) is 10.4. The first-order chi connectivity index (χ1) is 12.6. The van der Waals surface area contributed by atoms with Crippen LogP contribution in [0.1, 0.15) is 56.1 Å². The third-order valence-corrected chi connectivity index (χ3v) is 6.08. The molecule has 2 aliphatic heterocycles. The number of carbonyl (C=O) groups excluding carboxylic acids is 1. The van der Waals surface area contributed by atoms with Crippen molar-refractivity contribution in [3.8, 4) is 5.75 Å². The van der Waals surface area contributed by atoms with E-state index >= 15 is 0 Å². The number of rotatable bonds is 6. The average Bonchev–Trinajstić information content (AvgIpc) is 2.68. The molecule has 2 heterocycles. The highest BCUT2D eigenvalue weighted by molar-refractivity contribution is 5.78. The van der Waals surface area contributed by atoms with Gasteiger partial charge in [-0.3, -0.25) is 4.79 Å². The molecule has 0 saturated carbocycles. The van der Waals surface area contributed by atoms with Crippen LogP contribution in [0.25, 0.3) is 0 Å². The maximum Gasteiger partial charge on any atom is 0.260 e. The predicted molar refractivity (Wildman–Crippen MR) is 106 cm³/mol. The summed E-state index contributed by atoms with van der Waals surface area (Å²) >= 11 is 0. The van der Waals surface area contributed by atoms with Crippen molar-refractivity contribution >= 4 is 5.91 Å². The van der Waals surface area contributed by atoms with E-state index in [2.05, 4.69) is 29.7 Å². The van der Waals surface area contributed by atoms with E-state index in [1.54, 1.807) is 0 Å². The van der Waals surface area contributed by atoms with Crippen LogP contribution in [0.2, 0.25) is 0 Å². The Balaban J connectivity index is 1.52. The third kappa shape index (κ3) is 5.00. The molecule has 0 bridgehead atoms.